The lowest BCUT2D eigenvalue weighted by Crippen LogP contribution is -2.41. The fourth-order valence-corrected chi connectivity index (χ4v) is 3.66. The van der Waals surface area contributed by atoms with Crippen molar-refractivity contribution in [3.63, 3.8) is 0 Å². The molecule has 0 bridgehead atoms. The van der Waals surface area contributed by atoms with Crippen LogP contribution in [0.15, 0.2) is 0 Å². The molecule has 1 fully saturated rings. The summed E-state index contributed by atoms with van der Waals surface area (Å²) in [7, 11) is -3.14. The molecular formula is C11H22ClNO3S. The molecule has 1 heterocycles. The molecule has 1 rings (SSSR count). The molecule has 1 aliphatic rings. The van der Waals surface area contributed by atoms with E-state index in [2.05, 4.69) is 0 Å². The van der Waals surface area contributed by atoms with Gasteiger partial charge in [0.25, 0.3) is 0 Å². The molecule has 1 unspecified atom stereocenters. The van der Waals surface area contributed by atoms with Crippen LogP contribution >= 0.6 is 11.6 Å². The van der Waals surface area contributed by atoms with E-state index in [1.165, 1.54) is 0 Å². The first-order valence-electron chi connectivity index (χ1n) is 6.17. The minimum absolute atomic E-state index is 0.0853. The number of piperidine rings is 1. The second-order valence-electron chi connectivity index (χ2n) is 4.43. The van der Waals surface area contributed by atoms with Crippen molar-refractivity contribution in [2.45, 2.75) is 32.1 Å². The topological polar surface area (TPSA) is 46.6 Å². The molecule has 17 heavy (non-hydrogen) atoms. The third kappa shape index (κ3) is 4.73. The van der Waals surface area contributed by atoms with Gasteiger partial charge in [-0.15, -0.1) is 11.6 Å². The SMILES string of the molecule is CCOCCS(=O)(=O)N1CCC(C(C)Cl)CC1. The second kappa shape index (κ2) is 6.92. The molecule has 1 atom stereocenters. The summed E-state index contributed by atoms with van der Waals surface area (Å²) in [6, 6.07) is 0. The smallest absolute Gasteiger partial charge is 0.216 e. The molecule has 0 radical (unpaired) electrons. The van der Waals surface area contributed by atoms with Gasteiger partial charge in [0.2, 0.25) is 10.0 Å². The van der Waals surface area contributed by atoms with Gasteiger partial charge in [-0.1, -0.05) is 0 Å². The second-order valence-corrected chi connectivity index (χ2v) is 7.20. The van der Waals surface area contributed by atoms with E-state index >= 15 is 0 Å². The Balaban J connectivity index is 2.41. The van der Waals surface area contributed by atoms with Crippen molar-refractivity contribution >= 4 is 21.6 Å². The number of hydrogen-bond donors (Lipinski definition) is 0. The predicted octanol–water partition coefficient (Wildman–Crippen LogP) is 1.69. The summed E-state index contributed by atoms with van der Waals surface area (Å²) >= 11 is 6.03. The van der Waals surface area contributed by atoms with Crippen molar-refractivity contribution in [3.8, 4) is 0 Å². The van der Waals surface area contributed by atoms with Crippen LogP contribution in [-0.4, -0.2) is 50.2 Å². The molecule has 0 saturated carbocycles. The molecular weight excluding hydrogens is 262 g/mol. The van der Waals surface area contributed by atoms with Crippen LogP contribution in [0.5, 0.6) is 0 Å². The highest BCUT2D eigenvalue weighted by Crippen LogP contribution is 2.25. The van der Waals surface area contributed by atoms with Gasteiger partial charge in [-0.2, -0.15) is 0 Å². The Kier molecular flexibility index (Phi) is 6.20. The van der Waals surface area contributed by atoms with Crippen molar-refractivity contribution in [3.05, 3.63) is 0 Å². The minimum Gasteiger partial charge on any atom is -0.381 e. The van der Waals surface area contributed by atoms with Crippen molar-refractivity contribution in [1.29, 1.82) is 0 Å². The van der Waals surface area contributed by atoms with Gasteiger partial charge in [0.15, 0.2) is 0 Å². The Morgan fingerprint density at radius 1 is 1.41 bits per heavy atom. The van der Waals surface area contributed by atoms with Crippen LogP contribution in [-0.2, 0) is 14.8 Å². The van der Waals surface area contributed by atoms with Crippen molar-refractivity contribution < 1.29 is 13.2 Å². The van der Waals surface area contributed by atoms with Crippen molar-refractivity contribution in [2.75, 3.05) is 32.1 Å². The minimum atomic E-state index is -3.14. The predicted molar refractivity (Wildman–Crippen MR) is 69.9 cm³/mol. The highest BCUT2D eigenvalue weighted by molar-refractivity contribution is 7.89. The lowest BCUT2D eigenvalue weighted by molar-refractivity contribution is 0.161. The normalized spacial score (nSPS) is 21.6. The summed E-state index contributed by atoms with van der Waals surface area (Å²) in [5.41, 5.74) is 0. The number of ether oxygens (including phenoxy) is 1. The van der Waals surface area contributed by atoms with E-state index in [1.807, 2.05) is 13.8 Å². The number of alkyl halides is 1. The quantitative estimate of drug-likeness (QED) is 0.550. The monoisotopic (exact) mass is 283 g/mol. The molecule has 0 aromatic carbocycles. The summed E-state index contributed by atoms with van der Waals surface area (Å²) in [5.74, 6) is 0.525. The van der Waals surface area contributed by atoms with Gasteiger partial charge in [-0.05, 0) is 32.6 Å². The number of hydrogen-bond acceptors (Lipinski definition) is 3. The van der Waals surface area contributed by atoms with Crippen molar-refractivity contribution in [2.24, 2.45) is 5.92 Å². The summed E-state index contributed by atoms with van der Waals surface area (Å²) in [5, 5.41) is 0.128. The van der Waals surface area contributed by atoms with E-state index in [0.717, 1.165) is 12.8 Å². The number of halogens is 1. The fraction of sp³-hybridized carbons (Fsp3) is 1.00. The van der Waals surface area contributed by atoms with E-state index in [0.29, 0.717) is 25.6 Å². The van der Waals surface area contributed by atoms with Crippen LogP contribution in [0.3, 0.4) is 0 Å². The average Bonchev–Trinajstić information content (AvgIpc) is 2.29. The van der Waals surface area contributed by atoms with Crippen LogP contribution in [0.1, 0.15) is 26.7 Å². The van der Waals surface area contributed by atoms with E-state index in [1.54, 1.807) is 4.31 Å². The molecule has 1 saturated heterocycles. The zero-order valence-corrected chi connectivity index (χ0v) is 12.1. The van der Waals surface area contributed by atoms with Gasteiger partial charge < -0.3 is 4.74 Å². The largest absolute Gasteiger partial charge is 0.381 e. The lowest BCUT2D eigenvalue weighted by atomic mass is 9.95. The molecule has 6 heteroatoms. The Hall–Kier alpha value is 0.160. The van der Waals surface area contributed by atoms with Crippen LogP contribution in [0.25, 0.3) is 0 Å². The van der Waals surface area contributed by atoms with Gasteiger partial charge in [-0.25, -0.2) is 12.7 Å². The zero-order chi connectivity index (χ0) is 12.9. The van der Waals surface area contributed by atoms with Gasteiger partial charge in [0.1, 0.15) is 0 Å². The summed E-state index contributed by atoms with van der Waals surface area (Å²) in [6.45, 7) is 5.86. The van der Waals surface area contributed by atoms with E-state index < -0.39 is 10.0 Å². The maximum atomic E-state index is 11.9. The molecule has 102 valence electrons. The third-order valence-corrected chi connectivity index (χ3v) is 5.42. The summed E-state index contributed by atoms with van der Waals surface area (Å²) < 4.78 is 30.6. The first kappa shape index (κ1) is 15.2. The van der Waals surface area contributed by atoms with E-state index in [-0.39, 0.29) is 17.7 Å². The highest BCUT2D eigenvalue weighted by Gasteiger charge is 2.29. The first-order chi connectivity index (χ1) is 7.97. The van der Waals surface area contributed by atoms with Crippen molar-refractivity contribution in [1.82, 2.24) is 4.31 Å². The molecule has 0 amide bonds. The molecule has 1 aliphatic heterocycles. The molecule has 0 aliphatic carbocycles. The lowest BCUT2D eigenvalue weighted by Gasteiger charge is -2.32. The van der Waals surface area contributed by atoms with Crippen LogP contribution in [0.4, 0.5) is 0 Å². The number of nitrogens with zero attached hydrogens (tertiary/aromatic N) is 1. The summed E-state index contributed by atoms with van der Waals surface area (Å²) in [4.78, 5) is 0. The average molecular weight is 284 g/mol. The van der Waals surface area contributed by atoms with Gasteiger partial charge in [0, 0.05) is 25.1 Å². The van der Waals surface area contributed by atoms with Gasteiger partial charge in [0.05, 0.1) is 12.4 Å². The van der Waals surface area contributed by atoms with Gasteiger partial charge in [-0.3, -0.25) is 0 Å². The number of sulfonamides is 1. The van der Waals surface area contributed by atoms with E-state index in [4.69, 9.17) is 16.3 Å². The molecule has 0 spiro atoms. The molecule has 4 nitrogen and oxygen atoms in total. The zero-order valence-electron chi connectivity index (χ0n) is 10.6. The fourth-order valence-electron chi connectivity index (χ4n) is 2.05. The Bertz CT molecular complexity index is 311. The maximum Gasteiger partial charge on any atom is 0.216 e. The van der Waals surface area contributed by atoms with Crippen LogP contribution < -0.4 is 0 Å². The molecule has 0 N–H and O–H groups in total. The standard InChI is InChI=1S/C11H22ClNO3S/c1-3-16-8-9-17(14,15)13-6-4-11(5-7-13)10(2)12/h10-11H,3-9H2,1-2H3. The Labute approximate surface area is 109 Å². The Morgan fingerprint density at radius 3 is 2.47 bits per heavy atom. The Morgan fingerprint density at radius 2 is 2.00 bits per heavy atom. The number of rotatable bonds is 6. The first-order valence-corrected chi connectivity index (χ1v) is 8.21. The van der Waals surface area contributed by atoms with E-state index in [9.17, 15) is 8.42 Å². The van der Waals surface area contributed by atoms with Gasteiger partial charge >= 0.3 is 0 Å². The van der Waals surface area contributed by atoms with Crippen LogP contribution in [0.2, 0.25) is 0 Å². The highest BCUT2D eigenvalue weighted by atomic mass is 35.5. The maximum absolute atomic E-state index is 11.9. The third-order valence-electron chi connectivity index (χ3n) is 3.23. The molecule has 0 aromatic heterocycles. The van der Waals surface area contributed by atoms with Crippen LogP contribution in [0, 0.1) is 5.92 Å². The summed E-state index contributed by atoms with van der Waals surface area (Å²) in [6.07, 6.45) is 1.72. The molecule has 0 aromatic rings.